The lowest BCUT2D eigenvalue weighted by Crippen LogP contribution is -2.29. The highest BCUT2D eigenvalue weighted by Gasteiger charge is 2.45. The molecule has 3 aliphatic rings. The summed E-state index contributed by atoms with van der Waals surface area (Å²) in [6, 6.07) is 32.5. The third kappa shape index (κ3) is 6.76. The lowest BCUT2D eigenvalue weighted by Gasteiger charge is -2.29. The molecule has 2 saturated heterocycles. The van der Waals surface area contributed by atoms with E-state index in [-0.39, 0.29) is 5.97 Å². The third-order valence-electron chi connectivity index (χ3n) is 10.6. The predicted molar refractivity (Wildman–Crippen MR) is 209 cm³/mol. The molecule has 258 valence electrons. The molecule has 2 fully saturated rings. The molecule has 0 amide bonds. The number of carbonyl (C=O) groups is 1. The van der Waals surface area contributed by atoms with Gasteiger partial charge in [0.15, 0.2) is 5.60 Å². The lowest BCUT2D eigenvalue weighted by atomic mass is 9.84. The molecule has 3 aliphatic heterocycles. The summed E-state index contributed by atoms with van der Waals surface area (Å²) in [5.41, 5.74) is 9.38. The van der Waals surface area contributed by atoms with Crippen LogP contribution in [0.5, 0.6) is 0 Å². The highest BCUT2D eigenvalue weighted by atomic mass is 16.6. The summed E-state index contributed by atoms with van der Waals surface area (Å²) in [6.45, 7) is 4.49. The van der Waals surface area contributed by atoms with Gasteiger partial charge in [-0.2, -0.15) is 0 Å². The largest absolute Gasteiger partial charge is 0.441 e. The van der Waals surface area contributed by atoms with Gasteiger partial charge in [-0.05, 0) is 110 Å². The van der Waals surface area contributed by atoms with Gasteiger partial charge in [-0.25, -0.2) is 4.79 Å². The first-order chi connectivity index (χ1) is 24.3. The number of benzene rings is 4. The van der Waals surface area contributed by atoms with E-state index in [1.165, 1.54) is 49.9 Å². The van der Waals surface area contributed by atoms with Gasteiger partial charge in [-0.1, -0.05) is 54.6 Å². The van der Waals surface area contributed by atoms with E-state index in [2.05, 4.69) is 112 Å². The van der Waals surface area contributed by atoms with Crippen LogP contribution in [-0.2, 0) is 10.3 Å². The second-order valence-corrected chi connectivity index (χ2v) is 14.3. The molecule has 4 aromatic carbocycles. The van der Waals surface area contributed by atoms with E-state index in [0.29, 0.717) is 5.56 Å². The standard InChI is InChI=1S/C44H50N4O2/c1-45(2)36-23-17-35(18-24-36)44(42-26-25-39(46(3)4)32-41(42)43(49)50-44)27-11-12-40(33-13-19-37(20-14-33)47-28-7-5-8-29-47)34-15-21-38(22-16-34)48-30-9-6-10-31-48/h11-27,32H,5-10,28-31H2,1-4H3. The number of nitrogens with zero attached hydrogens (tertiary/aromatic N) is 4. The zero-order valence-corrected chi connectivity index (χ0v) is 30.1. The molecular weight excluding hydrogens is 617 g/mol. The highest BCUT2D eigenvalue weighted by molar-refractivity contribution is 5.97. The molecule has 6 heteroatoms. The van der Waals surface area contributed by atoms with Crippen LogP contribution in [0.4, 0.5) is 22.7 Å². The second kappa shape index (κ2) is 14.5. The smallest absolute Gasteiger partial charge is 0.340 e. The topological polar surface area (TPSA) is 39.3 Å². The van der Waals surface area contributed by atoms with Crippen molar-refractivity contribution in [3.63, 3.8) is 0 Å². The first-order valence-corrected chi connectivity index (χ1v) is 18.3. The first-order valence-electron chi connectivity index (χ1n) is 18.3. The Morgan fingerprint density at radius 3 is 1.64 bits per heavy atom. The van der Waals surface area contributed by atoms with E-state index in [1.807, 2.05) is 45.2 Å². The molecule has 0 aromatic heterocycles. The van der Waals surface area contributed by atoms with Crippen LogP contribution in [0.25, 0.3) is 5.57 Å². The SMILES string of the molecule is CN(C)c1ccc(C2(C=CC=C(c3ccc(N4CCCCC4)cc3)c3ccc(N4CCCCC4)cc3)OC(=O)c3cc(N(C)C)ccc32)cc1. The van der Waals surface area contributed by atoms with Crippen molar-refractivity contribution in [3.8, 4) is 0 Å². The van der Waals surface area contributed by atoms with Gasteiger partial charge in [0, 0.05) is 88.2 Å². The van der Waals surface area contributed by atoms with E-state index < -0.39 is 5.60 Å². The average molecular weight is 667 g/mol. The number of hydrogen-bond donors (Lipinski definition) is 0. The number of piperidine rings is 2. The predicted octanol–water partition coefficient (Wildman–Crippen LogP) is 8.90. The van der Waals surface area contributed by atoms with E-state index in [9.17, 15) is 4.79 Å². The first kappa shape index (κ1) is 33.5. The highest BCUT2D eigenvalue weighted by Crippen LogP contribution is 2.45. The van der Waals surface area contributed by atoms with E-state index >= 15 is 0 Å². The Morgan fingerprint density at radius 2 is 1.14 bits per heavy atom. The maximum atomic E-state index is 13.6. The van der Waals surface area contributed by atoms with E-state index in [0.717, 1.165) is 65.4 Å². The molecule has 0 N–H and O–H groups in total. The quantitative estimate of drug-likeness (QED) is 0.131. The van der Waals surface area contributed by atoms with Crippen molar-refractivity contribution in [3.05, 3.63) is 137 Å². The monoisotopic (exact) mass is 666 g/mol. The van der Waals surface area contributed by atoms with Gasteiger partial charge >= 0.3 is 5.97 Å². The Morgan fingerprint density at radius 1 is 0.640 bits per heavy atom. The summed E-state index contributed by atoms with van der Waals surface area (Å²) < 4.78 is 6.40. The normalized spacial score (nSPS) is 18.9. The molecule has 0 aliphatic carbocycles. The van der Waals surface area contributed by atoms with Crippen LogP contribution >= 0.6 is 0 Å². The second-order valence-electron chi connectivity index (χ2n) is 14.3. The van der Waals surface area contributed by atoms with Crippen LogP contribution in [0.15, 0.2) is 109 Å². The number of fused-ring (bicyclic) bond motifs is 1. The van der Waals surface area contributed by atoms with Gasteiger partial charge in [-0.15, -0.1) is 0 Å². The van der Waals surface area contributed by atoms with Crippen LogP contribution in [-0.4, -0.2) is 60.3 Å². The summed E-state index contributed by atoms with van der Waals surface area (Å²) in [7, 11) is 8.03. The van der Waals surface area contributed by atoms with Gasteiger partial charge in [0.2, 0.25) is 0 Å². The Bertz CT molecular complexity index is 1780. The molecule has 0 radical (unpaired) electrons. The number of carbonyl (C=O) groups excluding carboxylic acids is 1. The number of hydrogen-bond acceptors (Lipinski definition) is 6. The zero-order valence-electron chi connectivity index (χ0n) is 30.1. The maximum absolute atomic E-state index is 13.6. The molecular formula is C44H50N4O2. The van der Waals surface area contributed by atoms with Crippen molar-refractivity contribution in [1.29, 1.82) is 0 Å². The van der Waals surface area contributed by atoms with Gasteiger partial charge in [-0.3, -0.25) is 0 Å². The summed E-state index contributed by atoms with van der Waals surface area (Å²) in [4.78, 5) is 22.7. The van der Waals surface area contributed by atoms with Crippen molar-refractivity contribution in [2.45, 2.75) is 44.1 Å². The lowest BCUT2D eigenvalue weighted by molar-refractivity contribution is 0.0275. The van der Waals surface area contributed by atoms with Crippen molar-refractivity contribution < 1.29 is 9.53 Å². The molecule has 0 saturated carbocycles. The van der Waals surface area contributed by atoms with Gasteiger partial charge in [0.25, 0.3) is 0 Å². The minimum absolute atomic E-state index is 0.309. The number of ether oxygens (including phenoxy) is 1. The number of allylic oxidation sites excluding steroid dienone is 2. The van der Waals surface area contributed by atoms with Gasteiger partial charge in [0.1, 0.15) is 0 Å². The fourth-order valence-corrected chi connectivity index (χ4v) is 7.65. The summed E-state index contributed by atoms with van der Waals surface area (Å²) in [5.74, 6) is -0.309. The minimum Gasteiger partial charge on any atom is -0.441 e. The molecule has 1 atom stereocenters. The van der Waals surface area contributed by atoms with Crippen LogP contribution in [0.1, 0.15) is 71.1 Å². The summed E-state index contributed by atoms with van der Waals surface area (Å²) >= 11 is 0. The Hall–Kier alpha value is -4.97. The Balaban J connectivity index is 1.30. The fourth-order valence-electron chi connectivity index (χ4n) is 7.65. The maximum Gasteiger partial charge on any atom is 0.340 e. The van der Waals surface area contributed by atoms with E-state index in [1.54, 1.807) is 0 Å². The average Bonchev–Trinajstić information content (AvgIpc) is 3.45. The van der Waals surface area contributed by atoms with E-state index in [4.69, 9.17) is 4.74 Å². The number of rotatable bonds is 9. The molecule has 7 rings (SSSR count). The van der Waals surface area contributed by atoms with Crippen molar-refractivity contribution in [1.82, 2.24) is 0 Å². The Kier molecular flexibility index (Phi) is 9.71. The molecule has 0 spiro atoms. The molecule has 1 unspecified atom stereocenters. The molecule has 4 aromatic rings. The Labute approximate surface area is 298 Å². The molecule has 6 nitrogen and oxygen atoms in total. The third-order valence-corrected chi connectivity index (χ3v) is 10.6. The fraction of sp³-hybridized carbons (Fsp3) is 0.341. The number of esters is 1. The molecule has 50 heavy (non-hydrogen) atoms. The summed E-state index contributed by atoms with van der Waals surface area (Å²) in [6.07, 6.45) is 14.0. The molecule has 3 heterocycles. The van der Waals surface area contributed by atoms with Crippen LogP contribution in [0.3, 0.4) is 0 Å². The van der Waals surface area contributed by atoms with Gasteiger partial charge < -0.3 is 24.3 Å². The van der Waals surface area contributed by atoms with Crippen LogP contribution in [0, 0.1) is 0 Å². The van der Waals surface area contributed by atoms with Crippen molar-refractivity contribution >= 4 is 34.3 Å². The van der Waals surface area contributed by atoms with Crippen LogP contribution in [0.2, 0.25) is 0 Å². The van der Waals surface area contributed by atoms with Gasteiger partial charge in [0.05, 0.1) is 5.56 Å². The van der Waals surface area contributed by atoms with Crippen molar-refractivity contribution in [2.24, 2.45) is 0 Å². The van der Waals surface area contributed by atoms with Crippen molar-refractivity contribution in [2.75, 3.05) is 74.0 Å². The molecule has 0 bridgehead atoms. The number of anilines is 4. The van der Waals surface area contributed by atoms with Crippen LogP contribution < -0.4 is 19.6 Å². The zero-order chi connectivity index (χ0) is 34.7. The number of cyclic esters (lactones) is 1. The minimum atomic E-state index is -1.06. The summed E-state index contributed by atoms with van der Waals surface area (Å²) in [5, 5.41) is 0.